The van der Waals surface area contributed by atoms with Crippen molar-refractivity contribution >= 4 is 28.1 Å². The molecule has 0 unspecified atom stereocenters. The summed E-state index contributed by atoms with van der Waals surface area (Å²) in [6, 6.07) is 9.48. The first-order valence-corrected chi connectivity index (χ1v) is 10.6. The van der Waals surface area contributed by atoms with Crippen molar-refractivity contribution in [3.05, 3.63) is 69.3 Å². The van der Waals surface area contributed by atoms with Crippen LogP contribution in [0.1, 0.15) is 30.1 Å². The van der Waals surface area contributed by atoms with Crippen molar-refractivity contribution in [2.24, 2.45) is 7.05 Å². The highest BCUT2D eigenvalue weighted by Crippen LogP contribution is 2.25. The first-order valence-electron chi connectivity index (χ1n) is 8.72. The van der Waals surface area contributed by atoms with Crippen LogP contribution in [0.25, 0.3) is 4.96 Å². The Labute approximate surface area is 170 Å². The van der Waals surface area contributed by atoms with Gasteiger partial charge in [-0.25, -0.2) is 4.98 Å². The number of rotatable bonds is 6. The molecule has 0 radical (unpaired) electrons. The van der Waals surface area contributed by atoms with Crippen molar-refractivity contribution in [1.29, 1.82) is 0 Å². The first kappa shape index (κ1) is 18.7. The molecule has 0 bridgehead atoms. The van der Waals surface area contributed by atoms with E-state index in [1.165, 1.54) is 28.7 Å². The van der Waals surface area contributed by atoms with Crippen LogP contribution < -0.4 is 10.3 Å². The second-order valence-corrected chi connectivity index (χ2v) is 8.22. The molecule has 4 aromatic rings. The summed E-state index contributed by atoms with van der Waals surface area (Å²) in [4.78, 5) is 17.3. The summed E-state index contributed by atoms with van der Waals surface area (Å²) in [6.45, 7) is 3.99. The average molecular weight is 414 g/mol. The van der Waals surface area contributed by atoms with E-state index in [0.717, 1.165) is 22.4 Å². The van der Waals surface area contributed by atoms with Gasteiger partial charge in [0.15, 0.2) is 22.0 Å². The van der Waals surface area contributed by atoms with Gasteiger partial charge in [0, 0.05) is 30.4 Å². The molecule has 0 amide bonds. The van der Waals surface area contributed by atoms with Crippen LogP contribution in [-0.4, -0.2) is 24.1 Å². The zero-order chi connectivity index (χ0) is 19.7. The number of aryl methyl sites for hydroxylation is 1. The van der Waals surface area contributed by atoms with E-state index in [0.29, 0.717) is 10.7 Å². The fourth-order valence-corrected chi connectivity index (χ4v) is 4.33. The first-order chi connectivity index (χ1) is 13.5. The maximum absolute atomic E-state index is 12.1. The van der Waals surface area contributed by atoms with Crippen LogP contribution >= 0.6 is 23.1 Å². The molecule has 144 valence electrons. The molecule has 0 aliphatic carbocycles. The van der Waals surface area contributed by atoms with E-state index < -0.39 is 0 Å². The average Bonchev–Trinajstić information content (AvgIpc) is 3.29. The number of thiazole rings is 1. The minimum atomic E-state index is -0.236. The zero-order valence-corrected chi connectivity index (χ0v) is 17.3. The molecule has 0 N–H and O–H groups in total. The molecule has 0 aliphatic heterocycles. The topological polar surface area (TPSA) is 74.3 Å². The molecule has 28 heavy (non-hydrogen) atoms. The Hall–Kier alpha value is -2.65. The van der Waals surface area contributed by atoms with Gasteiger partial charge in [0.05, 0.1) is 5.69 Å². The van der Waals surface area contributed by atoms with Gasteiger partial charge in [0.2, 0.25) is 0 Å². The van der Waals surface area contributed by atoms with E-state index in [-0.39, 0.29) is 11.7 Å². The third-order valence-corrected chi connectivity index (χ3v) is 6.08. The molecule has 3 heterocycles. The number of fused-ring (bicyclic) bond motifs is 1. The zero-order valence-electron chi connectivity index (χ0n) is 15.7. The predicted octanol–water partition coefficient (Wildman–Crippen LogP) is 3.63. The lowest BCUT2D eigenvalue weighted by Gasteiger charge is -2.14. The number of ether oxygens (including phenoxy) is 1. The summed E-state index contributed by atoms with van der Waals surface area (Å²) in [5, 5.41) is 11.2. The number of hydrogen-bond donors (Lipinski definition) is 0. The van der Waals surface area contributed by atoms with Crippen LogP contribution in [0.2, 0.25) is 0 Å². The van der Waals surface area contributed by atoms with Crippen LogP contribution in [0.5, 0.6) is 5.75 Å². The maximum atomic E-state index is 12.1. The van der Waals surface area contributed by atoms with E-state index in [9.17, 15) is 4.79 Å². The molecule has 4 rings (SSSR count). The number of benzene rings is 1. The normalized spacial score (nSPS) is 12.4. The molecule has 0 aliphatic rings. The van der Waals surface area contributed by atoms with Crippen molar-refractivity contribution < 1.29 is 4.74 Å². The highest BCUT2D eigenvalue weighted by Gasteiger charge is 2.17. The molecule has 3 aromatic heterocycles. The van der Waals surface area contributed by atoms with Gasteiger partial charge in [-0.3, -0.25) is 9.20 Å². The van der Waals surface area contributed by atoms with E-state index in [4.69, 9.17) is 4.74 Å². The molecule has 0 saturated carbocycles. The molecule has 9 heteroatoms. The monoisotopic (exact) mass is 413 g/mol. The second kappa shape index (κ2) is 7.76. The number of hydrogen-bond acceptors (Lipinski definition) is 7. The van der Waals surface area contributed by atoms with Crippen LogP contribution in [0.3, 0.4) is 0 Å². The van der Waals surface area contributed by atoms with Gasteiger partial charge in [-0.1, -0.05) is 29.5 Å². The number of aromatic nitrogens is 5. The third-order valence-electron chi connectivity index (χ3n) is 4.27. The third kappa shape index (κ3) is 3.81. The van der Waals surface area contributed by atoms with Crippen LogP contribution in [0, 0.1) is 6.92 Å². The maximum Gasteiger partial charge on any atom is 0.258 e. The lowest BCUT2D eigenvalue weighted by Crippen LogP contribution is -2.12. The fourth-order valence-electron chi connectivity index (χ4n) is 2.78. The van der Waals surface area contributed by atoms with Gasteiger partial charge < -0.3 is 9.30 Å². The van der Waals surface area contributed by atoms with E-state index in [1.807, 2.05) is 55.1 Å². The molecule has 1 atom stereocenters. The lowest BCUT2D eigenvalue weighted by atomic mass is 10.2. The molecular weight excluding hydrogens is 394 g/mol. The molecule has 0 spiro atoms. The fraction of sp³-hybridized carbons (Fsp3) is 0.263. The van der Waals surface area contributed by atoms with Crippen LogP contribution in [0.15, 0.2) is 51.9 Å². The molecule has 0 fully saturated rings. The van der Waals surface area contributed by atoms with Crippen LogP contribution in [0.4, 0.5) is 0 Å². The molecule has 1 aromatic carbocycles. The van der Waals surface area contributed by atoms with E-state index in [1.54, 1.807) is 16.7 Å². The highest BCUT2D eigenvalue weighted by atomic mass is 32.2. The van der Waals surface area contributed by atoms with Gasteiger partial charge in [0.1, 0.15) is 5.75 Å². The Morgan fingerprint density at radius 3 is 2.82 bits per heavy atom. The summed E-state index contributed by atoms with van der Waals surface area (Å²) in [5.74, 6) is 2.08. The Bertz CT molecular complexity index is 1160. The lowest BCUT2D eigenvalue weighted by molar-refractivity contribution is 0.211. The minimum absolute atomic E-state index is 0.0689. The van der Waals surface area contributed by atoms with Crippen molar-refractivity contribution in [3.63, 3.8) is 0 Å². The molecular formula is C19H19N5O2S2. The van der Waals surface area contributed by atoms with Gasteiger partial charge in [-0.2, -0.15) is 0 Å². The Morgan fingerprint density at radius 1 is 1.25 bits per heavy atom. The predicted molar refractivity (Wildman–Crippen MR) is 110 cm³/mol. The number of nitrogens with zero attached hydrogens (tertiary/aromatic N) is 5. The van der Waals surface area contributed by atoms with Gasteiger partial charge in [-0.15, -0.1) is 21.5 Å². The summed E-state index contributed by atoms with van der Waals surface area (Å²) in [6.07, 6.45) is 1.50. The van der Waals surface area contributed by atoms with Crippen molar-refractivity contribution in [3.8, 4) is 5.75 Å². The summed E-state index contributed by atoms with van der Waals surface area (Å²) in [7, 11) is 1.91. The van der Waals surface area contributed by atoms with E-state index in [2.05, 4.69) is 15.2 Å². The Kier molecular flexibility index (Phi) is 5.19. The van der Waals surface area contributed by atoms with Gasteiger partial charge >= 0.3 is 0 Å². The van der Waals surface area contributed by atoms with E-state index >= 15 is 0 Å². The SMILES string of the molecule is Cc1ccc(O[C@H](C)c2nnc(SCc3cc(=O)n4ccsc4n3)n2C)cc1. The van der Waals surface area contributed by atoms with Gasteiger partial charge in [-0.05, 0) is 26.0 Å². The van der Waals surface area contributed by atoms with Crippen molar-refractivity contribution in [1.82, 2.24) is 24.1 Å². The van der Waals surface area contributed by atoms with Crippen LogP contribution in [-0.2, 0) is 12.8 Å². The standard InChI is InChI=1S/C19H19N5O2S2/c1-12-4-6-15(7-5-12)26-13(2)17-21-22-19(23(17)3)28-11-14-10-16(25)24-8-9-27-18(24)20-14/h4-10,13H,11H2,1-3H3/t13-/m1/s1. The Balaban J connectivity index is 1.46. The van der Waals surface area contributed by atoms with Crippen molar-refractivity contribution in [2.75, 3.05) is 0 Å². The highest BCUT2D eigenvalue weighted by molar-refractivity contribution is 7.98. The number of thioether (sulfide) groups is 1. The smallest absolute Gasteiger partial charge is 0.258 e. The quantitative estimate of drug-likeness (QED) is 0.450. The summed E-state index contributed by atoms with van der Waals surface area (Å²) in [5.41, 5.74) is 1.85. The summed E-state index contributed by atoms with van der Waals surface area (Å²) < 4.78 is 9.44. The van der Waals surface area contributed by atoms with Gasteiger partial charge in [0.25, 0.3) is 5.56 Å². The second-order valence-electron chi connectivity index (χ2n) is 6.40. The minimum Gasteiger partial charge on any atom is -0.483 e. The largest absolute Gasteiger partial charge is 0.483 e. The molecule has 7 nitrogen and oxygen atoms in total. The Morgan fingerprint density at radius 2 is 2.04 bits per heavy atom. The summed E-state index contributed by atoms with van der Waals surface area (Å²) >= 11 is 2.94. The van der Waals surface area contributed by atoms with Crippen molar-refractivity contribution in [2.45, 2.75) is 30.9 Å². The molecule has 0 saturated heterocycles.